The van der Waals surface area contributed by atoms with Crippen LogP contribution in [0.15, 0.2) is 30.6 Å². The Morgan fingerprint density at radius 1 is 1.18 bits per heavy atom. The molecule has 1 heterocycles. The molecular formula is C10H5Cl2N3O2. The second-order valence-corrected chi connectivity index (χ2v) is 4.00. The van der Waals surface area contributed by atoms with E-state index in [1.165, 1.54) is 12.4 Å². The van der Waals surface area contributed by atoms with Crippen molar-refractivity contribution in [1.82, 2.24) is 9.97 Å². The van der Waals surface area contributed by atoms with Crippen molar-refractivity contribution in [3.8, 4) is 11.1 Å². The Kier molecular flexibility index (Phi) is 3.21. The van der Waals surface area contributed by atoms with Crippen molar-refractivity contribution in [2.45, 2.75) is 0 Å². The SMILES string of the molecule is O=[N+]([O-])c1ncc(-c2ccc(Cl)cc2Cl)cn1. The zero-order valence-electron chi connectivity index (χ0n) is 8.30. The van der Waals surface area contributed by atoms with Gasteiger partial charge in [-0.1, -0.05) is 39.2 Å². The van der Waals surface area contributed by atoms with Crippen molar-refractivity contribution in [2.24, 2.45) is 0 Å². The minimum Gasteiger partial charge on any atom is -0.390 e. The molecule has 1 aromatic carbocycles. The third kappa shape index (κ3) is 2.51. The molecule has 0 spiro atoms. The summed E-state index contributed by atoms with van der Waals surface area (Å²) in [6.45, 7) is 0. The highest BCUT2D eigenvalue weighted by molar-refractivity contribution is 6.36. The van der Waals surface area contributed by atoms with Crippen molar-refractivity contribution in [3.05, 3.63) is 50.8 Å². The van der Waals surface area contributed by atoms with Crippen molar-refractivity contribution < 1.29 is 4.92 Å². The first-order valence-corrected chi connectivity index (χ1v) is 5.25. The Morgan fingerprint density at radius 2 is 1.82 bits per heavy atom. The molecule has 0 amide bonds. The molecule has 0 aliphatic heterocycles. The molecule has 0 radical (unpaired) electrons. The van der Waals surface area contributed by atoms with Gasteiger partial charge in [0.05, 0.1) is 10.6 Å². The Labute approximate surface area is 106 Å². The van der Waals surface area contributed by atoms with Gasteiger partial charge in [-0.3, -0.25) is 0 Å². The fourth-order valence-electron chi connectivity index (χ4n) is 1.28. The molecular weight excluding hydrogens is 265 g/mol. The monoisotopic (exact) mass is 269 g/mol. The zero-order valence-corrected chi connectivity index (χ0v) is 9.81. The molecule has 7 heteroatoms. The molecule has 86 valence electrons. The third-order valence-electron chi connectivity index (χ3n) is 2.04. The van der Waals surface area contributed by atoms with E-state index in [0.717, 1.165) is 0 Å². The lowest BCUT2D eigenvalue weighted by atomic mass is 10.1. The second-order valence-electron chi connectivity index (χ2n) is 3.15. The van der Waals surface area contributed by atoms with Crippen LogP contribution in [0, 0.1) is 10.1 Å². The number of nitro groups is 1. The highest BCUT2D eigenvalue weighted by Gasteiger charge is 2.11. The van der Waals surface area contributed by atoms with E-state index in [0.29, 0.717) is 21.2 Å². The number of halogens is 2. The lowest BCUT2D eigenvalue weighted by molar-refractivity contribution is -0.394. The average Bonchev–Trinajstić information content (AvgIpc) is 2.29. The van der Waals surface area contributed by atoms with Crippen LogP contribution in [-0.2, 0) is 0 Å². The normalized spacial score (nSPS) is 10.2. The molecule has 0 aliphatic carbocycles. The van der Waals surface area contributed by atoms with Gasteiger partial charge in [0.2, 0.25) is 0 Å². The predicted octanol–water partition coefficient (Wildman–Crippen LogP) is 3.36. The van der Waals surface area contributed by atoms with E-state index < -0.39 is 10.9 Å². The highest BCUT2D eigenvalue weighted by atomic mass is 35.5. The fraction of sp³-hybridized carbons (Fsp3) is 0. The minimum atomic E-state index is -0.659. The quantitative estimate of drug-likeness (QED) is 0.619. The van der Waals surface area contributed by atoms with Gasteiger partial charge < -0.3 is 10.1 Å². The van der Waals surface area contributed by atoms with E-state index >= 15 is 0 Å². The van der Waals surface area contributed by atoms with Crippen LogP contribution >= 0.6 is 23.2 Å². The van der Waals surface area contributed by atoms with Crippen molar-refractivity contribution in [3.63, 3.8) is 0 Å². The maximum Gasteiger partial charge on any atom is 0.468 e. The molecule has 0 bridgehead atoms. The Hall–Kier alpha value is -1.72. The second kappa shape index (κ2) is 4.65. The maximum absolute atomic E-state index is 10.4. The Bertz CT molecular complexity index is 572. The van der Waals surface area contributed by atoms with E-state index in [-0.39, 0.29) is 0 Å². The van der Waals surface area contributed by atoms with Crippen molar-refractivity contribution >= 4 is 29.2 Å². The zero-order chi connectivity index (χ0) is 12.4. The highest BCUT2D eigenvalue weighted by Crippen LogP contribution is 2.29. The van der Waals surface area contributed by atoms with Crippen LogP contribution < -0.4 is 0 Å². The van der Waals surface area contributed by atoms with Crippen LogP contribution in [0.2, 0.25) is 10.0 Å². The van der Waals surface area contributed by atoms with Crippen LogP contribution in [0.5, 0.6) is 0 Å². The van der Waals surface area contributed by atoms with Crippen molar-refractivity contribution in [2.75, 3.05) is 0 Å². The molecule has 1 aromatic heterocycles. The number of benzene rings is 1. The third-order valence-corrected chi connectivity index (χ3v) is 2.59. The van der Waals surface area contributed by atoms with Crippen molar-refractivity contribution in [1.29, 1.82) is 0 Å². The lowest BCUT2D eigenvalue weighted by Gasteiger charge is -2.01. The number of nitrogens with zero attached hydrogens (tertiary/aromatic N) is 3. The van der Waals surface area contributed by atoms with Gasteiger partial charge in [-0.25, -0.2) is 0 Å². The van der Waals surface area contributed by atoms with Gasteiger partial charge in [-0.2, -0.15) is 0 Å². The van der Waals surface area contributed by atoms with E-state index in [9.17, 15) is 10.1 Å². The molecule has 0 saturated heterocycles. The maximum atomic E-state index is 10.4. The summed E-state index contributed by atoms with van der Waals surface area (Å²) in [4.78, 5) is 17.0. The van der Waals surface area contributed by atoms with E-state index in [4.69, 9.17) is 23.2 Å². The molecule has 17 heavy (non-hydrogen) atoms. The largest absolute Gasteiger partial charge is 0.468 e. The molecule has 0 unspecified atom stereocenters. The van der Waals surface area contributed by atoms with Crippen LogP contribution in [-0.4, -0.2) is 14.9 Å². The van der Waals surface area contributed by atoms with E-state index in [2.05, 4.69) is 9.97 Å². The summed E-state index contributed by atoms with van der Waals surface area (Å²) in [5.41, 5.74) is 1.27. The number of aromatic nitrogens is 2. The van der Waals surface area contributed by atoms with Gasteiger partial charge in [0.25, 0.3) is 0 Å². The molecule has 0 fully saturated rings. The molecule has 0 atom stereocenters. The summed E-state index contributed by atoms with van der Waals surface area (Å²) in [7, 11) is 0. The van der Waals surface area contributed by atoms with E-state index in [1.54, 1.807) is 18.2 Å². The smallest absolute Gasteiger partial charge is 0.390 e. The molecule has 0 N–H and O–H groups in total. The van der Waals surface area contributed by atoms with E-state index in [1.807, 2.05) is 0 Å². The molecule has 5 nitrogen and oxygen atoms in total. The number of hydrogen-bond donors (Lipinski definition) is 0. The first-order chi connectivity index (χ1) is 8.08. The van der Waals surface area contributed by atoms with Crippen LogP contribution in [0.4, 0.5) is 5.95 Å². The van der Waals surface area contributed by atoms with Gasteiger partial charge >= 0.3 is 5.95 Å². The van der Waals surface area contributed by atoms with Gasteiger partial charge in [-0.05, 0) is 17.1 Å². The lowest BCUT2D eigenvalue weighted by Crippen LogP contribution is -1.95. The average molecular weight is 270 g/mol. The molecule has 2 aromatic rings. The molecule has 0 saturated carbocycles. The number of hydrogen-bond acceptors (Lipinski definition) is 4. The predicted molar refractivity (Wildman–Crippen MR) is 64.1 cm³/mol. The fourth-order valence-corrected chi connectivity index (χ4v) is 1.80. The van der Waals surface area contributed by atoms with Gasteiger partial charge in [-0.15, -0.1) is 0 Å². The summed E-state index contributed by atoms with van der Waals surface area (Å²) in [6, 6.07) is 4.96. The Morgan fingerprint density at radius 3 is 2.35 bits per heavy atom. The molecule has 2 rings (SSSR count). The first kappa shape index (κ1) is 11.8. The summed E-state index contributed by atoms with van der Waals surface area (Å²) in [6.07, 6.45) is 2.69. The van der Waals surface area contributed by atoms with Crippen LogP contribution in [0.25, 0.3) is 11.1 Å². The first-order valence-electron chi connectivity index (χ1n) is 4.50. The van der Waals surface area contributed by atoms with Gasteiger partial charge in [0, 0.05) is 10.6 Å². The molecule has 0 aliphatic rings. The Balaban J connectivity index is 2.43. The minimum absolute atomic E-state index is 0.440. The summed E-state index contributed by atoms with van der Waals surface area (Å²) in [5, 5.41) is 11.4. The topological polar surface area (TPSA) is 68.9 Å². The summed E-state index contributed by atoms with van der Waals surface area (Å²) in [5.74, 6) is -0.446. The van der Waals surface area contributed by atoms with Crippen LogP contribution in [0.3, 0.4) is 0 Å². The van der Waals surface area contributed by atoms with Gasteiger partial charge in [0.15, 0.2) is 0 Å². The van der Waals surface area contributed by atoms with Gasteiger partial charge in [0.1, 0.15) is 12.4 Å². The number of rotatable bonds is 2. The standard InChI is InChI=1S/C10H5Cl2N3O2/c11-7-1-2-8(9(12)3-7)6-4-13-10(14-5-6)15(16)17/h1-5H. The summed E-state index contributed by atoms with van der Waals surface area (Å²) >= 11 is 11.8. The summed E-state index contributed by atoms with van der Waals surface area (Å²) < 4.78 is 0. The van der Waals surface area contributed by atoms with Crippen LogP contribution in [0.1, 0.15) is 0 Å².